The van der Waals surface area contributed by atoms with Crippen molar-refractivity contribution in [2.24, 2.45) is 0 Å². The molecule has 160 valence electrons. The molecule has 0 saturated heterocycles. The molecule has 0 aliphatic carbocycles. The average Bonchev–Trinajstić information content (AvgIpc) is 2.76. The molecule has 1 aromatic carbocycles. The van der Waals surface area contributed by atoms with E-state index in [2.05, 4.69) is 41.2 Å². The summed E-state index contributed by atoms with van der Waals surface area (Å²) in [6.45, 7) is 4.85. The summed E-state index contributed by atoms with van der Waals surface area (Å²) in [6, 6.07) is 8.49. The molecule has 0 fully saturated rings. The van der Waals surface area contributed by atoms with E-state index in [1.165, 1.54) is 31.2 Å². The van der Waals surface area contributed by atoms with E-state index >= 15 is 0 Å². The van der Waals surface area contributed by atoms with Gasteiger partial charge in [0.15, 0.2) is 11.6 Å². The Morgan fingerprint density at radius 3 is 2.24 bits per heavy atom. The minimum atomic E-state index is -0.615. The van der Waals surface area contributed by atoms with Crippen LogP contribution in [0.4, 0.5) is 4.39 Å². The maximum Gasteiger partial charge on any atom is 0.159 e. The lowest BCUT2D eigenvalue weighted by Crippen LogP contribution is -1.99. The van der Waals surface area contributed by atoms with Crippen molar-refractivity contribution in [3.8, 4) is 17.1 Å². The molecule has 1 atom stereocenters. The zero-order chi connectivity index (χ0) is 20.7. The van der Waals surface area contributed by atoms with Crippen LogP contribution in [0.15, 0.2) is 36.7 Å². The zero-order valence-corrected chi connectivity index (χ0v) is 18.2. The minimum Gasteiger partial charge on any atom is -0.490 e. The van der Waals surface area contributed by atoms with Crippen molar-refractivity contribution >= 4 is 0 Å². The summed E-state index contributed by atoms with van der Waals surface area (Å²) in [5, 5.41) is 0. The van der Waals surface area contributed by atoms with Gasteiger partial charge < -0.3 is 4.74 Å². The molecule has 0 N–H and O–H groups in total. The number of ether oxygens (including phenoxy) is 1. The Balaban J connectivity index is 1.69. The molecule has 29 heavy (non-hydrogen) atoms. The lowest BCUT2D eigenvalue weighted by molar-refractivity contribution is 0.296. The number of hydrogen-bond donors (Lipinski definition) is 0. The largest absolute Gasteiger partial charge is 0.490 e. The predicted molar refractivity (Wildman–Crippen MR) is 119 cm³/mol. The van der Waals surface area contributed by atoms with Gasteiger partial charge >= 0.3 is 0 Å². The molecule has 2 aromatic rings. The van der Waals surface area contributed by atoms with Crippen molar-refractivity contribution in [2.75, 3.05) is 6.61 Å². The number of rotatable bonds is 15. The molecule has 1 heterocycles. The molecule has 0 amide bonds. The summed E-state index contributed by atoms with van der Waals surface area (Å²) < 4.78 is 18.9. The first-order chi connectivity index (χ1) is 14.2. The molecule has 0 spiro atoms. The van der Waals surface area contributed by atoms with Gasteiger partial charge in [-0.25, -0.2) is 14.4 Å². The normalized spacial score (nSPS) is 12.1. The first-order valence-electron chi connectivity index (χ1n) is 11.4. The number of nitrogens with zero attached hydrogens (tertiary/aromatic N) is 2. The number of aryl methyl sites for hydroxylation is 1. The van der Waals surface area contributed by atoms with Crippen LogP contribution >= 0.6 is 0 Å². The second kappa shape index (κ2) is 14.1. The highest BCUT2D eigenvalue weighted by molar-refractivity contribution is 5.55. The summed E-state index contributed by atoms with van der Waals surface area (Å²) >= 11 is 0. The van der Waals surface area contributed by atoms with Crippen LogP contribution in [0.3, 0.4) is 0 Å². The molecular weight excluding hydrogens is 363 g/mol. The van der Waals surface area contributed by atoms with Gasteiger partial charge in [-0.2, -0.15) is 0 Å². The van der Waals surface area contributed by atoms with Gasteiger partial charge in [-0.15, -0.1) is 0 Å². The fourth-order valence-corrected chi connectivity index (χ4v) is 3.33. The van der Waals surface area contributed by atoms with Gasteiger partial charge in [0.25, 0.3) is 0 Å². The van der Waals surface area contributed by atoms with Crippen LogP contribution in [-0.4, -0.2) is 22.7 Å². The molecule has 0 radical (unpaired) electrons. The van der Waals surface area contributed by atoms with Gasteiger partial charge in [-0.3, -0.25) is 0 Å². The van der Waals surface area contributed by atoms with Gasteiger partial charge in [0.1, 0.15) is 0 Å². The third-order valence-electron chi connectivity index (χ3n) is 5.28. The van der Waals surface area contributed by atoms with Crippen LogP contribution in [0, 0.1) is 0 Å². The first-order valence-corrected chi connectivity index (χ1v) is 11.4. The third kappa shape index (κ3) is 9.38. The summed E-state index contributed by atoms with van der Waals surface area (Å²) in [4.78, 5) is 8.89. The van der Waals surface area contributed by atoms with E-state index in [0.717, 1.165) is 55.8 Å². The second-order valence-electron chi connectivity index (χ2n) is 7.81. The Morgan fingerprint density at radius 2 is 1.55 bits per heavy atom. The van der Waals surface area contributed by atoms with Crippen LogP contribution in [-0.2, 0) is 6.42 Å². The van der Waals surface area contributed by atoms with E-state index in [9.17, 15) is 4.39 Å². The van der Waals surface area contributed by atoms with Crippen molar-refractivity contribution in [1.82, 2.24) is 9.97 Å². The average molecular weight is 401 g/mol. The molecule has 1 aromatic heterocycles. The topological polar surface area (TPSA) is 35.0 Å². The lowest BCUT2D eigenvalue weighted by Gasteiger charge is -2.07. The highest BCUT2D eigenvalue weighted by Crippen LogP contribution is 2.19. The highest BCUT2D eigenvalue weighted by Gasteiger charge is 2.04. The number of aromatic nitrogens is 2. The molecule has 3 nitrogen and oxygen atoms in total. The SMILES string of the molecule is CCCCCCOc1cnc(-c2ccc(CCCCCCC(F)CC)cc2)nc1. The second-order valence-corrected chi connectivity index (χ2v) is 7.81. The first kappa shape index (κ1) is 23.3. The van der Waals surface area contributed by atoms with Crippen molar-refractivity contribution < 1.29 is 9.13 Å². The van der Waals surface area contributed by atoms with Crippen LogP contribution in [0.25, 0.3) is 11.4 Å². The van der Waals surface area contributed by atoms with Crippen molar-refractivity contribution in [1.29, 1.82) is 0 Å². The molecule has 0 saturated carbocycles. The lowest BCUT2D eigenvalue weighted by atomic mass is 10.0. The van der Waals surface area contributed by atoms with Crippen molar-refractivity contribution in [3.63, 3.8) is 0 Å². The van der Waals surface area contributed by atoms with Crippen LogP contribution in [0.2, 0.25) is 0 Å². The third-order valence-corrected chi connectivity index (χ3v) is 5.28. The monoisotopic (exact) mass is 400 g/mol. The van der Waals surface area contributed by atoms with E-state index in [1.54, 1.807) is 12.4 Å². The Kier molecular flexibility index (Phi) is 11.3. The van der Waals surface area contributed by atoms with E-state index in [1.807, 2.05) is 6.92 Å². The van der Waals surface area contributed by atoms with Crippen molar-refractivity contribution in [2.45, 2.75) is 90.6 Å². The fourth-order valence-electron chi connectivity index (χ4n) is 3.33. The molecule has 0 aliphatic heterocycles. The van der Waals surface area contributed by atoms with Crippen LogP contribution in [0.5, 0.6) is 5.75 Å². The molecule has 1 unspecified atom stereocenters. The Labute approximate surface area is 176 Å². The maximum absolute atomic E-state index is 13.2. The van der Waals surface area contributed by atoms with Gasteiger partial charge in [0.2, 0.25) is 0 Å². The molecule has 4 heteroatoms. The van der Waals surface area contributed by atoms with Crippen LogP contribution in [0.1, 0.15) is 83.6 Å². The standard InChI is InChI=1S/C25H37FN2O/c1-3-5-6-11-18-29-24-19-27-25(28-20-24)22-16-14-21(15-17-22)12-9-7-8-10-13-23(26)4-2/h14-17,19-20,23H,3-13,18H2,1-2H3. The molecule has 0 aliphatic rings. The number of halogens is 1. The molecule has 0 bridgehead atoms. The molecular formula is C25H37FN2O. The van der Waals surface area contributed by atoms with Crippen LogP contribution < -0.4 is 4.74 Å². The summed E-state index contributed by atoms with van der Waals surface area (Å²) in [5.41, 5.74) is 2.36. The number of benzene rings is 1. The Morgan fingerprint density at radius 1 is 0.862 bits per heavy atom. The quantitative estimate of drug-likeness (QED) is 0.293. The van der Waals surface area contributed by atoms with Gasteiger partial charge in [-0.05, 0) is 37.7 Å². The molecule has 2 rings (SSSR count). The maximum atomic E-state index is 13.2. The van der Waals surface area contributed by atoms with Gasteiger partial charge in [0, 0.05) is 5.56 Å². The fraction of sp³-hybridized carbons (Fsp3) is 0.600. The minimum absolute atomic E-state index is 0.615. The highest BCUT2D eigenvalue weighted by atomic mass is 19.1. The van der Waals surface area contributed by atoms with E-state index < -0.39 is 6.17 Å². The van der Waals surface area contributed by atoms with E-state index in [0.29, 0.717) is 12.8 Å². The van der Waals surface area contributed by atoms with Gasteiger partial charge in [-0.1, -0.05) is 76.6 Å². The van der Waals surface area contributed by atoms with E-state index in [4.69, 9.17) is 4.74 Å². The smallest absolute Gasteiger partial charge is 0.159 e. The summed E-state index contributed by atoms with van der Waals surface area (Å²) in [5.74, 6) is 1.46. The number of alkyl halides is 1. The van der Waals surface area contributed by atoms with E-state index in [-0.39, 0.29) is 0 Å². The summed E-state index contributed by atoms with van der Waals surface area (Å²) in [7, 11) is 0. The van der Waals surface area contributed by atoms with Gasteiger partial charge in [0.05, 0.1) is 25.2 Å². The number of hydrogen-bond acceptors (Lipinski definition) is 3. The summed E-state index contributed by atoms with van der Waals surface area (Å²) in [6.07, 6.45) is 14.6. The van der Waals surface area contributed by atoms with Crippen molar-refractivity contribution in [3.05, 3.63) is 42.2 Å². The Hall–Kier alpha value is -1.97. The Bertz CT molecular complexity index is 658. The number of unbranched alkanes of at least 4 members (excludes halogenated alkanes) is 6. The predicted octanol–water partition coefficient (Wildman–Crippen LogP) is 7.34. The zero-order valence-electron chi connectivity index (χ0n) is 18.2.